The third-order valence-corrected chi connectivity index (χ3v) is 5.65. The molecule has 0 saturated heterocycles. The molecular weight excluding hydrogens is 384 g/mol. The lowest BCUT2D eigenvalue weighted by Gasteiger charge is -2.35. The summed E-state index contributed by atoms with van der Waals surface area (Å²) >= 11 is 0. The number of ether oxygens (including phenoxy) is 1. The van der Waals surface area contributed by atoms with Crippen LogP contribution >= 0.6 is 0 Å². The number of carbonyl (C=O) groups excluding carboxylic acids is 5. The predicted octanol–water partition coefficient (Wildman–Crippen LogP) is 3.54. The maximum atomic E-state index is 13.3. The monoisotopic (exact) mass is 402 g/mol. The van der Waals surface area contributed by atoms with Crippen molar-refractivity contribution in [1.29, 1.82) is 0 Å². The second-order valence-corrected chi connectivity index (χ2v) is 7.18. The van der Waals surface area contributed by atoms with Gasteiger partial charge in [-0.25, -0.2) is 0 Å². The van der Waals surface area contributed by atoms with E-state index in [1.807, 2.05) is 0 Å². The van der Waals surface area contributed by atoms with Crippen LogP contribution in [0.2, 0.25) is 0 Å². The number of allylic oxidation sites excluding steroid dienone is 2. The van der Waals surface area contributed by atoms with Crippen LogP contribution in [-0.2, 0) is 9.53 Å². The van der Waals surface area contributed by atoms with Crippen molar-refractivity contribution in [3.8, 4) is 0 Å². The number of fused-ring (bicyclic) bond motifs is 2. The van der Waals surface area contributed by atoms with Gasteiger partial charge in [0.1, 0.15) is 0 Å². The molecule has 1 atom stereocenters. The Morgan fingerprint density at radius 1 is 0.667 bits per heavy atom. The molecule has 6 nitrogen and oxygen atoms in total. The zero-order chi connectivity index (χ0) is 21.6. The smallest absolute Gasteiger partial charge is 0.254 e. The van der Waals surface area contributed by atoms with Crippen molar-refractivity contribution in [2.24, 2.45) is 0 Å². The summed E-state index contributed by atoms with van der Waals surface area (Å²) in [5.41, 5.74) is -1.62. The third kappa shape index (κ3) is 2.53. The molecule has 0 amide bonds. The summed E-state index contributed by atoms with van der Waals surface area (Å²) in [5, 5.41) is 0. The molecule has 0 spiro atoms. The maximum Gasteiger partial charge on any atom is 0.254 e. The highest BCUT2D eigenvalue weighted by Gasteiger charge is 2.56. The summed E-state index contributed by atoms with van der Waals surface area (Å²) in [6.07, 6.45) is 0.00923. The lowest BCUT2D eigenvalue weighted by Crippen LogP contribution is -2.56. The van der Waals surface area contributed by atoms with E-state index in [2.05, 4.69) is 0 Å². The van der Waals surface area contributed by atoms with Crippen LogP contribution in [0.4, 0.5) is 0 Å². The average Bonchev–Trinajstić information content (AvgIpc) is 2.78. The van der Waals surface area contributed by atoms with E-state index in [1.54, 1.807) is 37.3 Å². The number of hydrogen-bond donors (Lipinski definition) is 0. The van der Waals surface area contributed by atoms with E-state index in [-0.39, 0.29) is 46.4 Å². The minimum atomic E-state index is -2.18. The van der Waals surface area contributed by atoms with Crippen molar-refractivity contribution < 1.29 is 28.7 Å². The SMILES string of the molecule is CCC1=C(OC2(CC)C(=O)C(=O)c3ccccc3C2=O)C(=O)c2ccccc2C1=O. The fraction of sp³-hybridized carbons (Fsp3) is 0.208. The molecule has 2 aliphatic rings. The van der Waals surface area contributed by atoms with Gasteiger partial charge in [0.15, 0.2) is 11.5 Å². The van der Waals surface area contributed by atoms with E-state index in [9.17, 15) is 24.0 Å². The van der Waals surface area contributed by atoms with Gasteiger partial charge in [0, 0.05) is 27.8 Å². The Bertz CT molecular complexity index is 1190. The zero-order valence-corrected chi connectivity index (χ0v) is 16.5. The van der Waals surface area contributed by atoms with Crippen LogP contribution in [0.25, 0.3) is 0 Å². The molecule has 0 saturated carbocycles. The zero-order valence-electron chi connectivity index (χ0n) is 16.5. The van der Waals surface area contributed by atoms with E-state index in [1.165, 1.54) is 25.1 Å². The molecule has 0 heterocycles. The van der Waals surface area contributed by atoms with Gasteiger partial charge in [-0.2, -0.15) is 0 Å². The molecule has 0 radical (unpaired) electrons. The summed E-state index contributed by atoms with van der Waals surface area (Å²) in [4.78, 5) is 65.2. The first-order valence-electron chi connectivity index (χ1n) is 9.70. The van der Waals surface area contributed by atoms with E-state index >= 15 is 0 Å². The van der Waals surface area contributed by atoms with Gasteiger partial charge < -0.3 is 4.74 Å². The van der Waals surface area contributed by atoms with Crippen LogP contribution in [0.5, 0.6) is 0 Å². The quantitative estimate of drug-likeness (QED) is 0.573. The van der Waals surface area contributed by atoms with Crippen LogP contribution in [-0.4, -0.2) is 34.5 Å². The molecule has 1 unspecified atom stereocenters. The number of carbonyl (C=O) groups is 5. The molecule has 2 aromatic carbocycles. The van der Waals surface area contributed by atoms with Crippen molar-refractivity contribution in [3.05, 3.63) is 82.1 Å². The largest absolute Gasteiger partial charge is 0.466 e. The van der Waals surface area contributed by atoms with Gasteiger partial charge in [-0.1, -0.05) is 62.4 Å². The molecule has 30 heavy (non-hydrogen) atoms. The fourth-order valence-corrected chi connectivity index (χ4v) is 4.00. The molecule has 0 aromatic heterocycles. The first-order chi connectivity index (χ1) is 14.4. The van der Waals surface area contributed by atoms with Crippen molar-refractivity contribution in [3.63, 3.8) is 0 Å². The van der Waals surface area contributed by atoms with Gasteiger partial charge >= 0.3 is 0 Å². The molecule has 150 valence electrons. The second-order valence-electron chi connectivity index (χ2n) is 7.18. The first kappa shape index (κ1) is 19.6. The van der Waals surface area contributed by atoms with Gasteiger partial charge in [0.25, 0.3) is 5.78 Å². The molecule has 0 fully saturated rings. The number of rotatable bonds is 4. The number of hydrogen-bond acceptors (Lipinski definition) is 6. The average molecular weight is 402 g/mol. The Hall–Kier alpha value is -3.67. The van der Waals surface area contributed by atoms with Gasteiger partial charge in [-0.15, -0.1) is 0 Å². The normalized spacial score (nSPS) is 20.9. The lowest BCUT2D eigenvalue weighted by atomic mass is 9.75. The van der Waals surface area contributed by atoms with Gasteiger partial charge in [0.2, 0.25) is 23.0 Å². The number of Topliss-reactive ketones (excluding diaryl/α,β-unsaturated/α-hetero) is 5. The van der Waals surface area contributed by atoms with Crippen LogP contribution in [0.3, 0.4) is 0 Å². The molecule has 6 heteroatoms. The summed E-state index contributed by atoms with van der Waals surface area (Å²) < 4.78 is 5.85. The Balaban J connectivity index is 1.89. The van der Waals surface area contributed by atoms with Gasteiger partial charge in [0.05, 0.1) is 0 Å². The Morgan fingerprint density at radius 2 is 1.17 bits per heavy atom. The maximum absolute atomic E-state index is 13.3. The molecule has 4 rings (SSSR count). The van der Waals surface area contributed by atoms with Crippen LogP contribution in [0, 0.1) is 0 Å². The summed E-state index contributed by atoms with van der Waals surface area (Å²) in [6, 6.07) is 12.3. The standard InChI is InChI=1S/C24H18O6/c1-3-13-18(25)14-9-5-6-10-15(14)19(26)21(13)30-24(4-2)22(28)17-12-8-7-11-16(17)20(27)23(24)29/h5-12H,3-4H2,1-2H3. The van der Waals surface area contributed by atoms with Crippen molar-refractivity contribution in [1.82, 2.24) is 0 Å². The molecule has 0 aliphatic heterocycles. The second kappa shape index (κ2) is 6.99. The van der Waals surface area contributed by atoms with Crippen molar-refractivity contribution in [2.45, 2.75) is 32.3 Å². The molecular formula is C24H18O6. The molecule has 2 aromatic rings. The highest BCUT2D eigenvalue weighted by Crippen LogP contribution is 2.37. The van der Waals surface area contributed by atoms with Gasteiger partial charge in [-0.05, 0) is 12.8 Å². The highest BCUT2D eigenvalue weighted by molar-refractivity contribution is 6.55. The minimum Gasteiger partial charge on any atom is -0.466 e. The highest BCUT2D eigenvalue weighted by atomic mass is 16.5. The lowest BCUT2D eigenvalue weighted by molar-refractivity contribution is -0.130. The van der Waals surface area contributed by atoms with E-state index < -0.39 is 34.5 Å². The van der Waals surface area contributed by atoms with Crippen LogP contribution in [0.1, 0.15) is 68.1 Å². The van der Waals surface area contributed by atoms with E-state index in [4.69, 9.17) is 4.74 Å². The fourth-order valence-electron chi connectivity index (χ4n) is 4.00. The van der Waals surface area contributed by atoms with Crippen molar-refractivity contribution >= 4 is 28.9 Å². The molecule has 2 aliphatic carbocycles. The molecule has 0 bridgehead atoms. The predicted molar refractivity (Wildman–Crippen MR) is 107 cm³/mol. The third-order valence-electron chi connectivity index (χ3n) is 5.65. The first-order valence-corrected chi connectivity index (χ1v) is 9.70. The van der Waals surface area contributed by atoms with Crippen LogP contribution < -0.4 is 0 Å². The van der Waals surface area contributed by atoms with E-state index in [0.29, 0.717) is 0 Å². The molecule has 0 N–H and O–H groups in total. The van der Waals surface area contributed by atoms with Gasteiger partial charge in [-0.3, -0.25) is 24.0 Å². The van der Waals surface area contributed by atoms with Crippen molar-refractivity contribution in [2.75, 3.05) is 0 Å². The Morgan fingerprint density at radius 3 is 1.70 bits per heavy atom. The summed E-state index contributed by atoms with van der Waals surface area (Å²) in [5.74, 6) is -3.88. The van der Waals surface area contributed by atoms with E-state index in [0.717, 1.165) is 0 Å². The number of benzene rings is 2. The topological polar surface area (TPSA) is 94.6 Å². The summed E-state index contributed by atoms with van der Waals surface area (Å²) in [7, 11) is 0. The Kier molecular flexibility index (Phi) is 4.57. The van der Waals surface area contributed by atoms with Crippen LogP contribution in [0.15, 0.2) is 59.9 Å². The Labute approximate surface area is 172 Å². The number of ketones is 5. The summed E-state index contributed by atoms with van der Waals surface area (Å²) in [6.45, 7) is 3.22. The minimum absolute atomic E-state index is 0.0151.